The van der Waals surface area contributed by atoms with Crippen LogP contribution in [0.15, 0.2) is 122 Å². The first-order valence-corrected chi connectivity index (χ1v) is 36.1. The zero-order valence-electron chi connectivity index (χ0n) is 56.6. The minimum Gasteiger partial charge on any atom is -0.321 e. The predicted octanol–water partition coefficient (Wildman–Crippen LogP) is 20.3. The molecule has 8 bridgehead atoms. The van der Waals surface area contributed by atoms with E-state index >= 15 is 0 Å². The molecule has 0 saturated heterocycles. The van der Waals surface area contributed by atoms with E-state index in [1.165, 1.54) is 176 Å². The third-order valence-electron chi connectivity index (χ3n) is 18.9. The standard InChI is InChI=1S/C80H90N16/c1-5-9-13-17-21-25-29-53-33-41-57(42-34-53)61-49-81-65-69(85-61)77-89-73(65)94-78-71-67(83-51-63(87-71)59-45-37-55(38-46-59)31-27-23-19-15-11-7-3)75(91-78)96-80-72-68(84-52-64(88-72)60-47-39-56(40-48-60)32-28-24-20-16-12-8-4)76(92-80)95-79-70-66(74(90-79)93-77)82-50-62(86-70)58-43-35-54(36-44-58)30-26-22-18-14-10-6-2/h33-52H,5-32H2,1-4H3,(H2,89,90,91,92,93,94,95,96). The normalized spacial score (nSPS) is 11.9. The molecule has 11 aromatic rings. The molecule has 0 amide bonds. The van der Waals surface area contributed by atoms with E-state index < -0.39 is 0 Å². The van der Waals surface area contributed by atoms with E-state index in [1.807, 2.05) is 0 Å². The number of aromatic nitrogens is 16. The lowest BCUT2D eigenvalue weighted by atomic mass is 10.0. The van der Waals surface area contributed by atoms with Crippen molar-refractivity contribution in [1.29, 1.82) is 0 Å². The molecule has 16 nitrogen and oxygen atoms in total. The number of fused-ring (bicyclic) bond motifs is 20. The average Bonchev–Trinajstić information content (AvgIpc) is 1.60. The van der Waals surface area contributed by atoms with E-state index in [-0.39, 0.29) is 23.3 Å². The highest BCUT2D eigenvalue weighted by Crippen LogP contribution is 2.37. The summed E-state index contributed by atoms with van der Waals surface area (Å²) >= 11 is 0. The fourth-order valence-corrected chi connectivity index (χ4v) is 13.2. The van der Waals surface area contributed by atoms with Gasteiger partial charge in [-0.3, -0.25) is 0 Å². The fraction of sp³-hybridized carbons (Fsp3) is 0.400. The maximum Gasteiger partial charge on any atom is 0.184 e. The number of rotatable bonds is 32. The number of benzene rings is 4. The van der Waals surface area contributed by atoms with Crippen molar-refractivity contribution in [3.63, 3.8) is 0 Å². The van der Waals surface area contributed by atoms with Crippen molar-refractivity contribution in [1.82, 2.24) is 79.7 Å². The van der Waals surface area contributed by atoms with Crippen LogP contribution in [-0.4, -0.2) is 79.7 Å². The van der Waals surface area contributed by atoms with Gasteiger partial charge in [-0.05, 0) is 73.6 Å². The number of hydrogen-bond donors (Lipinski definition) is 2. The van der Waals surface area contributed by atoms with Crippen LogP contribution in [0, 0.1) is 0 Å². The number of hydrogen-bond acceptors (Lipinski definition) is 14. The molecule has 0 atom stereocenters. The van der Waals surface area contributed by atoms with Crippen molar-refractivity contribution in [2.45, 2.75) is 207 Å². The molecule has 7 aromatic heterocycles. The monoisotopic (exact) mass is 1270 g/mol. The molecule has 4 aromatic carbocycles. The van der Waals surface area contributed by atoms with E-state index in [0.29, 0.717) is 90.2 Å². The van der Waals surface area contributed by atoms with Gasteiger partial charge in [0.05, 0.1) is 47.6 Å². The molecule has 2 aliphatic rings. The van der Waals surface area contributed by atoms with Gasteiger partial charge in [-0.15, -0.1) is 0 Å². The van der Waals surface area contributed by atoms with Gasteiger partial charge in [-0.2, -0.15) is 0 Å². The summed E-state index contributed by atoms with van der Waals surface area (Å²) < 4.78 is 0. The van der Waals surface area contributed by atoms with E-state index in [4.69, 9.17) is 69.8 Å². The highest BCUT2D eigenvalue weighted by Gasteiger charge is 2.28. The summed E-state index contributed by atoms with van der Waals surface area (Å²) in [4.78, 5) is 80.4. The van der Waals surface area contributed by atoms with Crippen LogP contribution in [0.5, 0.6) is 0 Å². The Morgan fingerprint density at radius 3 is 0.781 bits per heavy atom. The van der Waals surface area contributed by atoms with Crippen molar-refractivity contribution >= 4 is 44.7 Å². The molecule has 13 rings (SSSR count). The Kier molecular flexibility index (Phi) is 21.7. The van der Waals surface area contributed by atoms with Crippen LogP contribution in [0.4, 0.5) is 0 Å². The summed E-state index contributed by atoms with van der Waals surface area (Å²) in [6, 6.07) is 34.7. The maximum atomic E-state index is 5.32. The van der Waals surface area contributed by atoms with Gasteiger partial charge in [0.1, 0.15) is 44.8 Å². The van der Waals surface area contributed by atoms with E-state index in [0.717, 1.165) is 47.9 Å². The summed E-state index contributed by atoms with van der Waals surface area (Å²) in [5.41, 5.74) is 16.9. The van der Waals surface area contributed by atoms with Crippen LogP contribution in [0.25, 0.3) is 136 Å². The largest absolute Gasteiger partial charge is 0.321 e. The van der Waals surface area contributed by atoms with Crippen LogP contribution in [0.3, 0.4) is 0 Å². The van der Waals surface area contributed by atoms with Gasteiger partial charge >= 0.3 is 0 Å². The molecule has 2 N–H and O–H groups in total. The van der Waals surface area contributed by atoms with Crippen LogP contribution in [0.1, 0.15) is 204 Å². The number of aryl methyl sites for hydroxylation is 4. The number of H-pyrrole nitrogens is 2. The van der Waals surface area contributed by atoms with E-state index in [9.17, 15) is 0 Å². The molecule has 2 aliphatic heterocycles. The molecule has 0 aliphatic carbocycles. The summed E-state index contributed by atoms with van der Waals surface area (Å²) in [5.74, 6) is 1.14. The first-order chi connectivity index (χ1) is 47.4. The number of nitrogens with zero attached hydrogens (tertiary/aromatic N) is 14. The van der Waals surface area contributed by atoms with Crippen LogP contribution in [-0.2, 0) is 25.7 Å². The third kappa shape index (κ3) is 15.6. The van der Waals surface area contributed by atoms with Crippen LogP contribution in [0.2, 0.25) is 0 Å². The third-order valence-corrected chi connectivity index (χ3v) is 18.9. The Balaban J connectivity index is 0.947. The average molecular weight is 1280 g/mol. The van der Waals surface area contributed by atoms with E-state index in [1.54, 1.807) is 24.8 Å². The van der Waals surface area contributed by atoms with Gasteiger partial charge in [0.25, 0.3) is 0 Å². The topological polar surface area (TPSA) is 212 Å². The lowest BCUT2D eigenvalue weighted by molar-refractivity contribution is 0.607. The van der Waals surface area contributed by atoms with Crippen molar-refractivity contribution in [2.24, 2.45) is 0 Å². The lowest BCUT2D eigenvalue weighted by Crippen LogP contribution is -1.94. The van der Waals surface area contributed by atoms with Crippen molar-refractivity contribution in [3.8, 4) is 91.1 Å². The molecule has 9 heterocycles. The van der Waals surface area contributed by atoms with Crippen molar-refractivity contribution < 1.29 is 0 Å². The Hall–Kier alpha value is -9.44. The minimum atomic E-state index is 0.284. The maximum absolute atomic E-state index is 5.32. The second-order valence-corrected chi connectivity index (χ2v) is 26.3. The SMILES string of the molecule is CCCCCCCCc1ccc(-c2cnc3c(n2)-c2nc-3nc3[nH]c(nc4nc(nc5[nH]c(n2)c2ncc(-c6ccc(CCCCCCCC)cc6)nc52)-c2ncc(-c5ccc(CCCCCCCC)cc5)nc2-4)c2ncc(-c4ccc(CCCCCCCC)cc4)nc32)cc1. The second kappa shape index (κ2) is 31.9. The molecule has 96 heavy (non-hydrogen) atoms. The molecule has 490 valence electrons. The van der Waals surface area contributed by atoms with Crippen molar-refractivity contribution in [3.05, 3.63) is 144 Å². The molecule has 16 heteroatoms. The molecular formula is C80H90N16. The first-order valence-electron chi connectivity index (χ1n) is 36.1. The summed E-state index contributed by atoms with van der Waals surface area (Å²) in [5, 5.41) is 0. The highest BCUT2D eigenvalue weighted by molar-refractivity contribution is 6.02. The summed E-state index contributed by atoms with van der Waals surface area (Å²) in [6.45, 7) is 9.05. The Bertz CT molecular complexity index is 4300. The van der Waals surface area contributed by atoms with Gasteiger partial charge in [-0.25, -0.2) is 69.8 Å². The molecule has 0 unspecified atom stereocenters. The first kappa shape index (κ1) is 65.2. The highest BCUT2D eigenvalue weighted by atomic mass is 15.1. The second-order valence-electron chi connectivity index (χ2n) is 26.3. The minimum absolute atomic E-state index is 0.284. The van der Waals surface area contributed by atoms with Gasteiger partial charge < -0.3 is 9.97 Å². The fourth-order valence-electron chi connectivity index (χ4n) is 13.2. The van der Waals surface area contributed by atoms with Crippen LogP contribution < -0.4 is 0 Å². The quantitative estimate of drug-likeness (QED) is 0.0376. The van der Waals surface area contributed by atoms with Crippen LogP contribution >= 0.6 is 0 Å². The van der Waals surface area contributed by atoms with Gasteiger partial charge in [-0.1, -0.05) is 253 Å². The Morgan fingerprint density at radius 2 is 0.479 bits per heavy atom. The van der Waals surface area contributed by atoms with Crippen molar-refractivity contribution in [2.75, 3.05) is 0 Å². The number of unbranched alkanes of at least 4 members (excludes halogenated alkanes) is 20. The summed E-state index contributed by atoms with van der Waals surface area (Å²) in [7, 11) is 0. The van der Waals surface area contributed by atoms with Gasteiger partial charge in [0, 0.05) is 22.3 Å². The molecule has 0 radical (unpaired) electrons. The Labute approximate surface area is 564 Å². The molecular weight excluding hydrogens is 1180 g/mol. The Morgan fingerprint density at radius 1 is 0.229 bits per heavy atom. The smallest absolute Gasteiger partial charge is 0.184 e. The number of aromatic amines is 2. The van der Waals surface area contributed by atoms with Gasteiger partial charge in [0.2, 0.25) is 0 Å². The zero-order chi connectivity index (χ0) is 65.4. The molecule has 0 spiro atoms. The lowest BCUT2D eigenvalue weighted by Gasteiger charge is -2.06. The number of nitrogens with one attached hydrogen (secondary N) is 2. The van der Waals surface area contributed by atoms with E-state index in [2.05, 4.69) is 135 Å². The van der Waals surface area contributed by atoms with Gasteiger partial charge in [0.15, 0.2) is 45.9 Å². The summed E-state index contributed by atoms with van der Waals surface area (Å²) in [6.07, 6.45) is 41.4. The predicted molar refractivity (Wildman–Crippen MR) is 388 cm³/mol. The molecule has 0 fully saturated rings. The zero-order valence-corrected chi connectivity index (χ0v) is 56.6. The molecule has 0 saturated carbocycles.